The molecule has 23 heavy (non-hydrogen) atoms. The number of carbonyl (C=O) groups excluding carboxylic acids is 1. The quantitative estimate of drug-likeness (QED) is 0.901. The molecule has 0 saturated heterocycles. The van der Waals surface area contributed by atoms with Crippen LogP contribution in [-0.4, -0.2) is 37.6 Å². The van der Waals surface area contributed by atoms with Crippen molar-refractivity contribution < 1.29 is 14.7 Å². The summed E-state index contributed by atoms with van der Waals surface area (Å²) < 4.78 is 1.53. The summed E-state index contributed by atoms with van der Waals surface area (Å²) in [5, 5.41) is 16.5. The van der Waals surface area contributed by atoms with Crippen LogP contribution in [0.4, 0.5) is 0 Å². The van der Waals surface area contributed by atoms with Gasteiger partial charge in [-0.3, -0.25) is 9.59 Å². The molecule has 7 nitrogen and oxygen atoms in total. The molecule has 0 bridgehead atoms. The van der Waals surface area contributed by atoms with Crippen LogP contribution >= 0.6 is 0 Å². The number of carbonyl (C=O) groups is 2. The van der Waals surface area contributed by atoms with E-state index in [1.165, 1.54) is 10.7 Å². The highest BCUT2D eigenvalue weighted by Gasteiger charge is 2.30. The lowest BCUT2D eigenvalue weighted by molar-refractivity contribution is -0.143. The maximum Gasteiger partial charge on any atom is 0.308 e. The Labute approximate surface area is 133 Å². The number of amides is 1. The van der Waals surface area contributed by atoms with Crippen molar-refractivity contribution in [3.05, 3.63) is 30.2 Å². The average molecular weight is 316 g/mol. The predicted octanol–water partition coefficient (Wildman–Crippen LogP) is 1.88. The maximum absolute atomic E-state index is 12.6. The molecule has 1 amide bonds. The Bertz CT molecular complexity index is 712. The van der Waals surface area contributed by atoms with Crippen LogP contribution in [0.2, 0.25) is 0 Å². The van der Waals surface area contributed by atoms with Gasteiger partial charge in [0.25, 0.3) is 5.91 Å². The first-order chi connectivity index (χ1) is 11.2. The molecule has 2 aromatic rings. The molecule has 2 aromatic heterocycles. The molecule has 1 aliphatic carbocycles. The van der Waals surface area contributed by atoms with Crippen LogP contribution in [0.25, 0.3) is 5.65 Å². The number of carboxylic acids is 1. The van der Waals surface area contributed by atoms with Gasteiger partial charge in [0.15, 0.2) is 5.65 Å². The van der Waals surface area contributed by atoms with Gasteiger partial charge in [0, 0.05) is 18.4 Å². The van der Waals surface area contributed by atoms with Crippen molar-refractivity contribution in [2.75, 3.05) is 0 Å². The zero-order chi connectivity index (χ0) is 16.2. The minimum atomic E-state index is -0.838. The van der Waals surface area contributed by atoms with Crippen LogP contribution in [0.5, 0.6) is 0 Å². The predicted molar refractivity (Wildman–Crippen MR) is 83.1 cm³/mol. The van der Waals surface area contributed by atoms with Gasteiger partial charge in [-0.2, -0.15) is 5.10 Å². The van der Waals surface area contributed by atoms with Gasteiger partial charge < -0.3 is 10.4 Å². The maximum atomic E-state index is 12.6. The van der Waals surface area contributed by atoms with E-state index in [1.807, 2.05) is 0 Å². The van der Waals surface area contributed by atoms with E-state index in [2.05, 4.69) is 15.4 Å². The summed E-state index contributed by atoms with van der Waals surface area (Å²) in [6, 6.07) is 1.38. The molecule has 2 heterocycles. The van der Waals surface area contributed by atoms with Crippen molar-refractivity contribution >= 4 is 17.5 Å². The number of nitrogens with zero attached hydrogens (tertiary/aromatic N) is 3. The Morgan fingerprint density at radius 3 is 2.78 bits per heavy atom. The third-order valence-electron chi connectivity index (χ3n) is 4.42. The molecular formula is C16H20N4O3. The number of carboxylic acid groups (broad SMARTS) is 1. The Morgan fingerprint density at radius 1 is 1.22 bits per heavy atom. The van der Waals surface area contributed by atoms with Gasteiger partial charge in [-0.1, -0.05) is 25.7 Å². The van der Waals surface area contributed by atoms with Crippen molar-refractivity contribution in [2.24, 2.45) is 5.92 Å². The highest BCUT2D eigenvalue weighted by atomic mass is 16.4. The Hall–Kier alpha value is -2.44. The van der Waals surface area contributed by atoms with Crippen LogP contribution in [-0.2, 0) is 4.79 Å². The van der Waals surface area contributed by atoms with Crippen LogP contribution in [0.15, 0.2) is 24.7 Å². The van der Waals surface area contributed by atoms with Crippen LogP contribution in [0.1, 0.15) is 48.9 Å². The molecule has 0 unspecified atom stereocenters. The van der Waals surface area contributed by atoms with Crippen molar-refractivity contribution in [2.45, 2.75) is 44.6 Å². The van der Waals surface area contributed by atoms with Crippen molar-refractivity contribution in [3.63, 3.8) is 0 Å². The lowest BCUT2D eigenvalue weighted by Gasteiger charge is -2.27. The number of aliphatic carboxylic acids is 1. The van der Waals surface area contributed by atoms with E-state index in [4.69, 9.17) is 0 Å². The van der Waals surface area contributed by atoms with Crippen molar-refractivity contribution in [3.8, 4) is 0 Å². The summed E-state index contributed by atoms with van der Waals surface area (Å²) in [6.45, 7) is 0. The number of rotatable bonds is 3. The lowest BCUT2D eigenvalue weighted by Crippen LogP contribution is -2.43. The molecule has 2 N–H and O–H groups in total. The summed E-state index contributed by atoms with van der Waals surface area (Å²) >= 11 is 0. The SMILES string of the molecule is O=C(N[C@H]1CCCCCC[C@H]1C(=O)O)c1cnn2cccnc12. The number of fused-ring (bicyclic) bond motifs is 1. The number of aromatic nitrogens is 3. The zero-order valence-electron chi connectivity index (χ0n) is 12.8. The molecular weight excluding hydrogens is 296 g/mol. The van der Waals surface area contributed by atoms with Crippen LogP contribution in [0.3, 0.4) is 0 Å². The molecule has 7 heteroatoms. The largest absolute Gasteiger partial charge is 0.481 e. The number of hydrogen-bond acceptors (Lipinski definition) is 4. The zero-order valence-corrected chi connectivity index (χ0v) is 12.8. The first-order valence-electron chi connectivity index (χ1n) is 7.99. The summed E-state index contributed by atoms with van der Waals surface area (Å²) in [4.78, 5) is 28.3. The topological polar surface area (TPSA) is 96.6 Å². The first-order valence-corrected chi connectivity index (χ1v) is 7.99. The fourth-order valence-electron chi connectivity index (χ4n) is 3.19. The molecule has 1 aliphatic rings. The fourth-order valence-corrected chi connectivity index (χ4v) is 3.19. The molecule has 122 valence electrons. The normalized spacial score (nSPS) is 22.3. The van der Waals surface area contributed by atoms with Crippen LogP contribution in [0, 0.1) is 5.92 Å². The molecule has 2 atom stereocenters. The van der Waals surface area contributed by atoms with E-state index in [0.717, 1.165) is 25.7 Å². The Morgan fingerprint density at radius 2 is 2.00 bits per heavy atom. The van der Waals surface area contributed by atoms with E-state index >= 15 is 0 Å². The van der Waals surface area contributed by atoms with E-state index in [0.29, 0.717) is 24.1 Å². The minimum absolute atomic E-state index is 0.310. The third kappa shape index (κ3) is 3.33. The van der Waals surface area contributed by atoms with Gasteiger partial charge in [-0.25, -0.2) is 9.50 Å². The summed E-state index contributed by atoms with van der Waals surface area (Å²) in [5.74, 6) is -1.68. The van der Waals surface area contributed by atoms with Gasteiger partial charge in [0.05, 0.1) is 12.1 Å². The fraction of sp³-hybridized carbons (Fsp3) is 0.500. The average Bonchev–Trinajstić information content (AvgIpc) is 2.93. The Balaban J connectivity index is 1.80. The van der Waals surface area contributed by atoms with Gasteiger partial charge in [-0.15, -0.1) is 0 Å². The van der Waals surface area contributed by atoms with E-state index < -0.39 is 11.9 Å². The molecule has 1 fully saturated rings. The summed E-state index contributed by atoms with van der Waals surface area (Å²) in [5.41, 5.74) is 0.847. The van der Waals surface area contributed by atoms with E-state index in [-0.39, 0.29) is 11.9 Å². The summed E-state index contributed by atoms with van der Waals surface area (Å²) in [7, 11) is 0. The number of hydrogen-bond donors (Lipinski definition) is 2. The highest BCUT2D eigenvalue weighted by molar-refractivity contribution is 5.99. The Kier molecular flexibility index (Phi) is 4.55. The van der Waals surface area contributed by atoms with E-state index in [9.17, 15) is 14.7 Å². The highest BCUT2D eigenvalue weighted by Crippen LogP contribution is 2.23. The first kappa shape index (κ1) is 15.5. The lowest BCUT2D eigenvalue weighted by atomic mass is 9.86. The molecule has 0 spiro atoms. The van der Waals surface area contributed by atoms with Crippen LogP contribution < -0.4 is 5.32 Å². The standard InChI is InChI=1S/C16H20N4O3/c21-15(12-10-18-20-9-5-8-17-14(12)20)19-13-7-4-2-1-3-6-11(13)16(22)23/h5,8-11,13H,1-4,6-7H2,(H,19,21)(H,22,23)/t11-,13+/m1/s1. The second-order valence-electron chi connectivity index (χ2n) is 5.96. The van der Waals surface area contributed by atoms with Crippen molar-refractivity contribution in [1.82, 2.24) is 19.9 Å². The smallest absolute Gasteiger partial charge is 0.308 e. The van der Waals surface area contributed by atoms with Gasteiger partial charge >= 0.3 is 5.97 Å². The monoisotopic (exact) mass is 316 g/mol. The number of nitrogens with one attached hydrogen (secondary N) is 1. The third-order valence-corrected chi connectivity index (χ3v) is 4.42. The molecule has 0 radical (unpaired) electrons. The second-order valence-corrected chi connectivity index (χ2v) is 5.96. The molecule has 0 aliphatic heterocycles. The van der Waals surface area contributed by atoms with Gasteiger partial charge in [0.2, 0.25) is 0 Å². The molecule has 1 saturated carbocycles. The van der Waals surface area contributed by atoms with E-state index in [1.54, 1.807) is 18.5 Å². The van der Waals surface area contributed by atoms with Gasteiger partial charge in [-0.05, 0) is 18.9 Å². The summed E-state index contributed by atoms with van der Waals surface area (Å²) in [6.07, 6.45) is 10.0. The molecule has 0 aromatic carbocycles. The van der Waals surface area contributed by atoms with Gasteiger partial charge in [0.1, 0.15) is 5.56 Å². The van der Waals surface area contributed by atoms with Crippen molar-refractivity contribution in [1.29, 1.82) is 0 Å². The molecule has 3 rings (SSSR count). The second kappa shape index (κ2) is 6.76. The minimum Gasteiger partial charge on any atom is -0.481 e.